The van der Waals surface area contributed by atoms with Gasteiger partial charge in [0.25, 0.3) is 0 Å². The molecule has 9 heteroatoms. The number of aldehydes is 1. The van der Waals surface area contributed by atoms with Crippen molar-refractivity contribution in [3.8, 4) is 0 Å². The van der Waals surface area contributed by atoms with Crippen molar-refractivity contribution in [2.75, 3.05) is 33.2 Å². The Balaban J connectivity index is 2.19. The molecule has 1 aromatic heterocycles. The zero-order valence-corrected chi connectivity index (χ0v) is 16.0. The molecule has 1 atom stereocenters. The lowest BCUT2D eigenvalue weighted by atomic mass is 10.1. The lowest BCUT2D eigenvalue weighted by molar-refractivity contribution is -0.181. The average Bonchev–Trinajstić information content (AvgIpc) is 2.65. The molecule has 0 spiro atoms. The van der Waals surface area contributed by atoms with Crippen molar-refractivity contribution in [3.05, 3.63) is 48.8 Å². The maximum absolute atomic E-state index is 12.5. The molecule has 0 aliphatic carbocycles. The summed E-state index contributed by atoms with van der Waals surface area (Å²) < 4.78 is 0. The summed E-state index contributed by atoms with van der Waals surface area (Å²) in [7, 11) is 1.86. The second-order valence-electron chi connectivity index (χ2n) is 6.62. The van der Waals surface area contributed by atoms with Gasteiger partial charge < -0.3 is 15.4 Å². The Labute approximate surface area is 164 Å². The lowest BCUT2D eigenvalue weighted by Gasteiger charge is -2.47. The summed E-state index contributed by atoms with van der Waals surface area (Å²) in [5.74, 6) is -0.214. The summed E-state index contributed by atoms with van der Waals surface area (Å²) in [6, 6.07) is 1.89. The van der Waals surface area contributed by atoms with Gasteiger partial charge in [-0.2, -0.15) is 0 Å². The maximum atomic E-state index is 12.5. The number of hydrogen-bond donors (Lipinski definition) is 1. The number of amides is 2. The van der Waals surface area contributed by atoms with E-state index in [1.807, 2.05) is 18.0 Å². The molecule has 0 saturated carbocycles. The summed E-state index contributed by atoms with van der Waals surface area (Å²) in [5, 5.41) is 3.06. The van der Waals surface area contributed by atoms with Crippen molar-refractivity contribution in [2.45, 2.75) is 12.7 Å². The van der Waals surface area contributed by atoms with Crippen LogP contribution < -0.4 is 5.73 Å². The summed E-state index contributed by atoms with van der Waals surface area (Å²) in [6.07, 6.45) is 5.72. The fourth-order valence-electron chi connectivity index (χ4n) is 3.16. The van der Waals surface area contributed by atoms with Gasteiger partial charge in [-0.3, -0.25) is 24.5 Å². The van der Waals surface area contributed by atoms with Gasteiger partial charge in [0.2, 0.25) is 12.3 Å². The second-order valence-corrected chi connectivity index (χ2v) is 6.62. The van der Waals surface area contributed by atoms with E-state index in [4.69, 9.17) is 5.73 Å². The number of nitrogens with two attached hydrogens (primary N) is 1. The molecule has 0 radical (unpaired) electrons. The normalized spacial score (nSPS) is 17.6. The number of pyridine rings is 1. The van der Waals surface area contributed by atoms with Gasteiger partial charge >= 0.3 is 0 Å². The number of hydrazine groups is 1. The fraction of sp³-hybridized carbons (Fsp3) is 0.368. The highest BCUT2D eigenvalue weighted by atomic mass is 16.2. The highest BCUT2D eigenvalue weighted by Crippen LogP contribution is 2.17. The zero-order chi connectivity index (χ0) is 20.7. The van der Waals surface area contributed by atoms with Gasteiger partial charge in [0.1, 0.15) is 12.5 Å². The Bertz CT molecular complexity index is 753. The Morgan fingerprint density at radius 2 is 2.14 bits per heavy atom. The Morgan fingerprint density at radius 1 is 1.39 bits per heavy atom. The van der Waals surface area contributed by atoms with E-state index in [1.54, 1.807) is 23.5 Å². The van der Waals surface area contributed by atoms with Crippen molar-refractivity contribution in [1.82, 2.24) is 24.8 Å². The minimum Gasteiger partial charge on any atom is -0.399 e. The molecule has 2 heterocycles. The van der Waals surface area contributed by atoms with E-state index in [-0.39, 0.29) is 19.0 Å². The number of rotatable bonds is 10. The van der Waals surface area contributed by atoms with Crippen molar-refractivity contribution in [2.24, 2.45) is 5.73 Å². The molecule has 28 heavy (non-hydrogen) atoms. The number of likely N-dealkylation sites (N-methyl/N-ethyl adjacent to an activating group) is 1. The van der Waals surface area contributed by atoms with Gasteiger partial charge in [-0.15, -0.1) is 6.58 Å². The maximum Gasteiger partial charge on any atom is 0.240 e. The third kappa shape index (κ3) is 5.02. The first-order chi connectivity index (χ1) is 13.4. The van der Waals surface area contributed by atoms with Crippen LogP contribution in [0.1, 0.15) is 11.1 Å². The van der Waals surface area contributed by atoms with Crippen LogP contribution in [0.15, 0.2) is 37.7 Å². The number of carbonyl (C=O) groups is 3. The van der Waals surface area contributed by atoms with Crippen LogP contribution in [0.5, 0.6) is 0 Å². The van der Waals surface area contributed by atoms with Gasteiger partial charge in [-0.25, -0.2) is 5.01 Å². The fourth-order valence-corrected chi connectivity index (χ4v) is 3.16. The van der Waals surface area contributed by atoms with E-state index < -0.39 is 6.17 Å². The van der Waals surface area contributed by atoms with Crippen LogP contribution in [0.3, 0.4) is 0 Å². The van der Waals surface area contributed by atoms with E-state index in [0.29, 0.717) is 38.0 Å². The van der Waals surface area contributed by atoms with Gasteiger partial charge in [0.05, 0.1) is 13.1 Å². The van der Waals surface area contributed by atoms with Crippen LogP contribution in [-0.2, 0) is 20.9 Å². The Kier molecular flexibility index (Phi) is 7.42. The number of carbonyl (C=O) groups excluding carboxylic acids is 3. The molecular formula is C19H26N6O3. The van der Waals surface area contributed by atoms with Crippen molar-refractivity contribution in [1.29, 1.82) is 0 Å². The summed E-state index contributed by atoms with van der Waals surface area (Å²) in [5.41, 5.74) is 7.81. The van der Waals surface area contributed by atoms with Crippen LogP contribution in [-0.4, -0.2) is 82.8 Å². The molecule has 2 rings (SSSR count). The van der Waals surface area contributed by atoms with E-state index >= 15 is 0 Å². The standard InChI is InChI=1S/C19H26N6O3/c1-4-5-23-13-19(28)24(6-7-26)18(25(23)14-27)12-22(3)11-16-8-17(15(2)20)10-21-9-16/h4,7-10,14,18H,1-2,5-6,11-13,20H2,3H3. The van der Waals surface area contributed by atoms with Crippen LogP contribution in [0.4, 0.5) is 0 Å². The first kappa shape index (κ1) is 21.3. The van der Waals surface area contributed by atoms with Crippen LogP contribution in [0.2, 0.25) is 0 Å². The largest absolute Gasteiger partial charge is 0.399 e. The number of nitrogens with zero attached hydrogens (tertiary/aromatic N) is 5. The smallest absolute Gasteiger partial charge is 0.240 e. The van der Waals surface area contributed by atoms with Crippen molar-refractivity contribution >= 4 is 24.3 Å². The topological polar surface area (TPSA) is 103 Å². The molecule has 2 N–H and O–H groups in total. The molecule has 1 aromatic rings. The quantitative estimate of drug-likeness (QED) is 0.434. The first-order valence-corrected chi connectivity index (χ1v) is 8.81. The monoisotopic (exact) mass is 386 g/mol. The highest BCUT2D eigenvalue weighted by Gasteiger charge is 2.38. The minimum absolute atomic E-state index is 0.0173. The molecule has 150 valence electrons. The molecule has 1 fully saturated rings. The van der Waals surface area contributed by atoms with Crippen LogP contribution in [0, 0.1) is 0 Å². The van der Waals surface area contributed by atoms with Crippen LogP contribution >= 0.6 is 0 Å². The van der Waals surface area contributed by atoms with Gasteiger partial charge in [0.15, 0.2) is 0 Å². The van der Waals surface area contributed by atoms with Crippen molar-refractivity contribution in [3.63, 3.8) is 0 Å². The number of aromatic nitrogens is 1. The summed E-state index contributed by atoms with van der Waals surface area (Å²) in [6.45, 7) is 8.54. The van der Waals surface area contributed by atoms with E-state index in [1.165, 1.54) is 9.91 Å². The van der Waals surface area contributed by atoms with Gasteiger partial charge in [-0.1, -0.05) is 12.7 Å². The molecule has 1 aliphatic heterocycles. The second kappa shape index (κ2) is 9.77. The molecule has 2 amide bonds. The predicted molar refractivity (Wildman–Crippen MR) is 105 cm³/mol. The van der Waals surface area contributed by atoms with E-state index in [9.17, 15) is 14.4 Å². The molecule has 1 unspecified atom stereocenters. The molecule has 1 saturated heterocycles. The average molecular weight is 386 g/mol. The third-order valence-electron chi connectivity index (χ3n) is 4.44. The van der Waals surface area contributed by atoms with E-state index in [0.717, 1.165) is 11.1 Å². The molecule has 9 nitrogen and oxygen atoms in total. The Morgan fingerprint density at radius 3 is 2.75 bits per heavy atom. The zero-order valence-electron chi connectivity index (χ0n) is 16.0. The first-order valence-electron chi connectivity index (χ1n) is 8.81. The molecule has 0 aromatic carbocycles. The van der Waals surface area contributed by atoms with Crippen molar-refractivity contribution < 1.29 is 14.4 Å². The highest BCUT2D eigenvalue weighted by molar-refractivity contribution is 5.82. The molecular weight excluding hydrogens is 360 g/mol. The Hall–Kier alpha value is -3.04. The molecule has 1 aliphatic rings. The summed E-state index contributed by atoms with van der Waals surface area (Å²) in [4.78, 5) is 42.8. The predicted octanol–water partition coefficient (Wildman–Crippen LogP) is -0.329. The van der Waals surface area contributed by atoms with Gasteiger partial charge in [-0.05, 0) is 18.7 Å². The van der Waals surface area contributed by atoms with Gasteiger partial charge in [0, 0.05) is 43.3 Å². The lowest BCUT2D eigenvalue weighted by Crippen LogP contribution is -2.67. The third-order valence-corrected chi connectivity index (χ3v) is 4.44. The SMILES string of the molecule is C=CCN1CC(=O)N(CC=O)C(CN(C)Cc2cncc(C(=C)N)c2)N1C=O. The minimum atomic E-state index is -0.602. The number of hydrogen-bond acceptors (Lipinski definition) is 7. The molecule has 0 bridgehead atoms. The van der Waals surface area contributed by atoms with E-state index in [2.05, 4.69) is 18.1 Å². The summed E-state index contributed by atoms with van der Waals surface area (Å²) >= 11 is 0. The van der Waals surface area contributed by atoms with Crippen LogP contribution in [0.25, 0.3) is 5.70 Å².